The summed E-state index contributed by atoms with van der Waals surface area (Å²) in [6.45, 7) is 0. The monoisotopic (exact) mass is 318 g/mol. The molecular formula is C15H14N2O4S. The molecule has 0 aliphatic carbocycles. The van der Waals surface area contributed by atoms with Gasteiger partial charge in [0.2, 0.25) is 10.0 Å². The predicted molar refractivity (Wildman–Crippen MR) is 83.0 cm³/mol. The topological polar surface area (TPSA) is 109 Å². The van der Waals surface area contributed by atoms with Crippen LogP contribution >= 0.6 is 0 Å². The number of hydrogen-bond donors (Lipinski definition) is 3. The van der Waals surface area contributed by atoms with Crippen molar-refractivity contribution in [2.75, 3.05) is 5.32 Å². The van der Waals surface area contributed by atoms with E-state index in [0.29, 0.717) is 5.69 Å². The lowest BCUT2D eigenvalue weighted by molar-refractivity contribution is 0.104. The van der Waals surface area contributed by atoms with E-state index in [1.54, 1.807) is 12.1 Å². The number of primary sulfonamides is 1. The van der Waals surface area contributed by atoms with Crippen LogP contribution in [0.25, 0.3) is 0 Å². The summed E-state index contributed by atoms with van der Waals surface area (Å²) >= 11 is 0. The minimum atomic E-state index is -3.72. The van der Waals surface area contributed by atoms with Crippen LogP contribution in [0.15, 0.2) is 65.7 Å². The Bertz CT molecular complexity index is 812. The number of benzene rings is 2. The van der Waals surface area contributed by atoms with Crippen LogP contribution in [0.1, 0.15) is 10.4 Å². The third kappa shape index (κ3) is 3.94. The third-order valence-corrected chi connectivity index (χ3v) is 3.77. The van der Waals surface area contributed by atoms with Crippen LogP contribution in [0, 0.1) is 0 Å². The number of phenols is 1. The van der Waals surface area contributed by atoms with Gasteiger partial charge in [0.05, 0.1) is 10.5 Å². The average Bonchev–Trinajstić information content (AvgIpc) is 2.47. The highest BCUT2D eigenvalue weighted by molar-refractivity contribution is 7.89. The molecule has 4 N–H and O–H groups in total. The van der Waals surface area contributed by atoms with Gasteiger partial charge < -0.3 is 10.4 Å². The molecule has 114 valence electrons. The highest BCUT2D eigenvalue weighted by atomic mass is 32.2. The Hall–Kier alpha value is -2.64. The minimum absolute atomic E-state index is 0.00677. The molecule has 2 aromatic rings. The van der Waals surface area contributed by atoms with Gasteiger partial charge in [-0.15, -0.1) is 0 Å². The lowest BCUT2D eigenvalue weighted by Crippen LogP contribution is -2.11. The molecule has 0 aliphatic rings. The zero-order valence-corrected chi connectivity index (χ0v) is 12.2. The van der Waals surface area contributed by atoms with Crippen LogP contribution in [0.5, 0.6) is 5.75 Å². The maximum absolute atomic E-state index is 11.9. The van der Waals surface area contributed by atoms with Gasteiger partial charge in [-0.2, -0.15) is 0 Å². The van der Waals surface area contributed by atoms with Crippen molar-refractivity contribution in [3.05, 3.63) is 66.4 Å². The van der Waals surface area contributed by atoms with E-state index < -0.39 is 10.0 Å². The van der Waals surface area contributed by atoms with E-state index in [9.17, 15) is 18.3 Å². The number of anilines is 1. The molecule has 7 heteroatoms. The number of carbonyl (C=O) groups excluding carboxylic acids is 1. The quantitative estimate of drug-likeness (QED) is 0.576. The molecule has 2 rings (SSSR count). The molecular weight excluding hydrogens is 304 g/mol. The number of allylic oxidation sites excluding steroid dienone is 1. The van der Waals surface area contributed by atoms with E-state index in [1.807, 2.05) is 0 Å². The van der Waals surface area contributed by atoms with Crippen molar-refractivity contribution in [3.8, 4) is 5.75 Å². The largest absolute Gasteiger partial charge is 0.507 e. The number of rotatable bonds is 5. The first kappa shape index (κ1) is 15.7. The summed E-state index contributed by atoms with van der Waals surface area (Å²) < 4.78 is 22.2. The number of aromatic hydroxyl groups is 1. The van der Waals surface area contributed by atoms with Crippen molar-refractivity contribution < 1.29 is 18.3 Å². The Morgan fingerprint density at radius 3 is 2.32 bits per heavy atom. The Morgan fingerprint density at radius 1 is 1.09 bits per heavy atom. The number of phenolic OH excluding ortho intramolecular Hbond substituents is 1. The summed E-state index contributed by atoms with van der Waals surface area (Å²) in [7, 11) is -3.72. The van der Waals surface area contributed by atoms with Crippen molar-refractivity contribution in [1.82, 2.24) is 0 Å². The fraction of sp³-hybridized carbons (Fsp3) is 0. The minimum Gasteiger partial charge on any atom is -0.507 e. The molecule has 0 bridgehead atoms. The first-order chi connectivity index (χ1) is 10.4. The zero-order chi connectivity index (χ0) is 16.2. The summed E-state index contributed by atoms with van der Waals surface area (Å²) in [6.07, 6.45) is 2.67. The molecule has 0 aliphatic heterocycles. The van der Waals surface area contributed by atoms with Gasteiger partial charge in [-0.3, -0.25) is 4.79 Å². The summed E-state index contributed by atoms with van der Waals surface area (Å²) in [5.74, 6) is -0.443. The number of carbonyl (C=O) groups is 1. The number of nitrogens with one attached hydrogen (secondary N) is 1. The summed E-state index contributed by atoms with van der Waals surface area (Å²) in [6, 6.07) is 12.0. The summed E-state index contributed by atoms with van der Waals surface area (Å²) in [4.78, 5) is 11.9. The van der Waals surface area contributed by atoms with Crippen LogP contribution < -0.4 is 10.5 Å². The van der Waals surface area contributed by atoms with Crippen LogP contribution in [0.4, 0.5) is 5.69 Å². The average molecular weight is 318 g/mol. The second kappa shape index (κ2) is 6.42. The molecule has 0 spiro atoms. The second-order valence-corrected chi connectivity index (χ2v) is 5.99. The summed E-state index contributed by atoms with van der Waals surface area (Å²) in [5, 5.41) is 17.4. The van der Waals surface area contributed by atoms with Crippen molar-refractivity contribution in [2.24, 2.45) is 5.14 Å². The molecule has 2 aromatic carbocycles. The lowest BCUT2D eigenvalue weighted by atomic mass is 10.1. The molecule has 6 nitrogen and oxygen atoms in total. The van der Waals surface area contributed by atoms with Gasteiger partial charge in [0.25, 0.3) is 0 Å². The molecule has 0 atom stereocenters. The van der Waals surface area contributed by atoms with E-state index >= 15 is 0 Å². The maximum atomic E-state index is 11.9. The second-order valence-electron chi connectivity index (χ2n) is 4.43. The highest BCUT2D eigenvalue weighted by Gasteiger charge is 2.07. The maximum Gasteiger partial charge on any atom is 0.238 e. The SMILES string of the molecule is NS(=O)(=O)c1ccc(N/C=C/C(=O)c2ccccc2O)cc1. The van der Waals surface area contributed by atoms with Gasteiger partial charge in [0, 0.05) is 18.0 Å². The van der Waals surface area contributed by atoms with E-state index in [4.69, 9.17) is 5.14 Å². The summed E-state index contributed by atoms with van der Waals surface area (Å²) in [5.41, 5.74) is 0.791. The smallest absolute Gasteiger partial charge is 0.238 e. The van der Waals surface area contributed by atoms with Gasteiger partial charge in [0.1, 0.15) is 5.75 Å². The first-order valence-corrected chi connectivity index (χ1v) is 7.81. The van der Waals surface area contributed by atoms with Crippen molar-refractivity contribution in [1.29, 1.82) is 0 Å². The van der Waals surface area contributed by atoms with E-state index in [0.717, 1.165) is 0 Å². The molecule has 0 amide bonds. The number of hydrogen-bond acceptors (Lipinski definition) is 5. The van der Waals surface area contributed by atoms with Gasteiger partial charge >= 0.3 is 0 Å². The van der Waals surface area contributed by atoms with Crippen LogP contribution in [-0.4, -0.2) is 19.3 Å². The number of nitrogens with two attached hydrogens (primary N) is 1. The number of sulfonamides is 1. The van der Waals surface area contributed by atoms with Gasteiger partial charge in [0.15, 0.2) is 5.78 Å². The molecule has 0 radical (unpaired) electrons. The van der Waals surface area contributed by atoms with E-state index in [1.165, 1.54) is 48.7 Å². The molecule has 0 saturated carbocycles. The fourth-order valence-electron chi connectivity index (χ4n) is 1.73. The predicted octanol–water partition coefficient (Wildman–Crippen LogP) is 1.85. The molecule has 0 unspecified atom stereocenters. The van der Waals surface area contributed by atoms with Gasteiger partial charge in [-0.1, -0.05) is 12.1 Å². The van der Waals surface area contributed by atoms with Crippen LogP contribution in [0.3, 0.4) is 0 Å². The first-order valence-electron chi connectivity index (χ1n) is 6.26. The van der Waals surface area contributed by atoms with Crippen molar-refractivity contribution >= 4 is 21.5 Å². The lowest BCUT2D eigenvalue weighted by Gasteiger charge is -2.03. The normalized spacial score (nSPS) is 11.5. The van der Waals surface area contributed by atoms with Crippen LogP contribution in [0.2, 0.25) is 0 Å². The molecule has 0 saturated heterocycles. The van der Waals surface area contributed by atoms with Gasteiger partial charge in [-0.05, 0) is 36.4 Å². The van der Waals surface area contributed by atoms with Crippen molar-refractivity contribution in [3.63, 3.8) is 0 Å². The standard InChI is InChI=1S/C15H14N2O4S/c16-22(20,21)12-7-5-11(6-8-12)17-10-9-15(19)13-3-1-2-4-14(13)18/h1-10,17-18H,(H2,16,20,21)/b10-9+. The molecule has 22 heavy (non-hydrogen) atoms. The Labute approximate surface area is 128 Å². The Balaban J connectivity index is 2.04. The number of ketones is 1. The molecule has 0 heterocycles. The Kier molecular flexibility index (Phi) is 4.59. The Morgan fingerprint density at radius 2 is 1.73 bits per heavy atom. The van der Waals surface area contributed by atoms with Crippen LogP contribution in [-0.2, 0) is 10.0 Å². The molecule has 0 aromatic heterocycles. The molecule has 0 fully saturated rings. The van der Waals surface area contributed by atoms with E-state index in [2.05, 4.69) is 5.32 Å². The van der Waals surface area contributed by atoms with Crippen molar-refractivity contribution in [2.45, 2.75) is 4.90 Å². The van der Waals surface area contributed by atoms with Gasteiger partial charge in [-0.25, -0.2) is 13.6 Å². The zero-order valence-electron chi connectivity index (χ0n) is 11.4. The fourth-order valence-corrected chi connectivity index (χ4v) is 2.24. The highest BCUT2D eigenvalue weighted by Crippen LogP contribution is 2.17. The van der Waals surface area contributed by atoms with E-state index in [-0.39, 0.29) is 22.0 Å². The number of para-hydroxylation sites is 1. The third-order valence-electron chi connectivity index (χ3n) is 2.84.